The van der Waals surface area contributed by atoms with Crippen LogP contribution in [0.3, 0.4) is 0 Å². The largest absolute Gasteiger partial charge is 0.481 e. The van der Waals surface area contributed by atoms with Crippen LogP contribution in [0.2, 0.25) is 0 Å². The third kappa shape index (κ3) is 2.98. The number of imidazole rings is 1. The zero-order chi connectivity index (χ0) is 13.1. The molecular formula is C13H13BrN2O2. The molecule has 0 saturated carbocycles. The SMILES string of the molecule is Cc1ccc(-c2nc(Br)[nH]c2CCC(=O)O)cc1. The number of hydrogen-bond donors (Lipinski definition) is 2. The lowest BCUT2D eigenvalue weighted by Gasteiger charge is -2.02. The summed E-state index contributed by atoms with van der Waals surface area (Å²) in [6, 6.07) is 8.00. The zero-order valence-electron chi connectivity index (χ0n) is 9.90. The van der Waals surface area contributed by atoms with Gasteiger partial charge in [0.1, 0.15) is 0 Å². The maximum atomic E-state index is 10.6. The first kappa shape index (κ1) is 12.8. The number of carboxylic acids is 1. The molecule has 2 N–H and O–H groups in total. The van der Waals surface area contributed by atoms with Gasteiger partial charge in [-0.15, -0.1) is 0 Å². The number of aromatic amines is 1. The van der Waals surface area contributed by atoms with Crippen molar-refractivity contribution in [1.29, 1.82) is 0 Å². The van der Waals surface area contributed by atoms with E-state index in [2.05, 4.69) is 25.9 Å². The van der Waals surface area contributed by atoms with E-state index in [4.69, 9.17) is 5.11 Å². The average Bonchev–Trinajstić information content (AvgIpc) is 2.69. The number of nitrogens with zero attached hydrogens (tertiary/aromatic N) is 1. The maximum absolute atomic E-state index is 10.6. The van der Waals surface area contributed by atoms with Gasteiger partial charge in [0.15, 0.2) is 4.73 Å². The predicted octanol–water partition coefficient (Wildman–Crippen LogP) is 3.16. The molecule has 4 nitrogen and oxygen atoms in total. The predicted molar refractivity (Wildman–Crippen MR) is 72.4 cm³/mol. The van der Waals surface area contributed by atoms with Crippen molar-refractivity contribution in [2.24, 2.45) is 0 Å². The molecule has 1 heterocycles. The number of aromatic nitrogens is 2. The highest BCUT2D eigenvalue weighted by atomic mass is 79.9. The molecule has 0 saturated heterocycles. The van der Waals surface area contributed by atoms with E-state index in [1.807, 2.05) is 31.2 Å². The molecule has 0 fully saturated rings. The van der Waals surface area contributed by atoms with Gasteiger partial charge in [-0.05, 0) is 22.9 Å². The number of benzene rings is 1. The molecule has 1 aromatic heterocycles. The number of carbonyl (C=O) groups is 1. The zero-order valence-corrected chi connectivity index (χ0v) is 11.5. The number of halogens is 1. The smallest absolute Gasteiger partial charge is 0.303 e. The summed E-state index contributed by atoms with van der Waals surface area (Å²) >= 11 is 3.29. The maximum Gasteiger partial charge on any atom is 0.303 e. The monoisotopic (exact) mass is 308 g/mol. The molecule has 0 spiro atoms. The van der Waals surface area contributed by atoms with Gasteiger partial charge >= 0.3 is 5.97 Å². The Morgan fingerprint density at radius 2 is 2.06 bits per heavy atom. The number of carboxylic acid groups (broad SMARTS) is 1. The van der Waals surface area contributed by atoms with Crippen LogP contribution < -0.4 is 0 Å². The first-order valence-corrected chi connectivity index (χ1v) is 6.39. The van der Waals surface area contributed by atoms with Crippen LogP contribution in [0.25, 0.3) is 11.3 Å². The quantitative estimate of drug-likeness (QED) is 0.911. The summed E-state index contributed by atoms with van der Waals surface area (Å²) in [5.74, 6) is -0.810. The van der Waals surface area contributed by atoms with Gasteiger partial charge in [-0.3, -0.25) is 4.79 Å². The molecule has 0 aliphatic carbocycles. The molecule has 0 aliphatic rings. The summed E-state index contributed by atoms with van der Waals surface area (Å²) in [5.41, 5.74) is 3.82. The van der Waals surface area contributed by atoms with Gasteiger partial charge in [0.05, 0.1) is 12.1 Å². The Labute approximate surface area is 113 Å². The van der Waals surface area contributed by atoms with Crippen molar-refractivity contribution >= 4 is 21.9 Å². The van der Waals surface area contributed by atoms with Crippen LogP contribution in [-0.2, 0) is 11.2 Å². The summed E-state index contributed by atoms with van der Waals surface area (Å²) in [6.07, 6.45) is 0.532. The number of nitrogens with one attached hydrogen (secondary N) is 1. The molecule has 2 aromatic rings. The Kier molecular flexibility index (Phi) is 3.81. The lowest BCUT2D eigenvalue weighted by atomic mass is 10.1. The van der Waals surface area contributed by atoms with Gasteiger partial charge in [0.25, 0.3) is 0 Å². The van der Waals surface area contributed by atoms with Gasteiger partial charge in [-0.25, -0.2) is 4.98 Å². The van der Waals surface area contributed by atoms with Crippen LogP contribution in [0.4, 0.5) is 0 Å². The van der Waals surface area contributed by atoms with Crippen molar-refractivity contribution < 1.29 is 9.90 Å². The van der Waals surface area contributed by atoms with E-state index < -0.39 is 5.97 Å². The normalized spacial score (nSPS) is 10.6. The van der Waals surface area contributed by atoms with Crippen LogP contribution in [0, 0.1) is 6.92 Å². The van der Waals surface area contributed by atoms with Crippen LogP contribution in [0.1, 0.15) is 17.7 Å². The summed E-state index contributed by atoms with van der Waals surface area (Å²) in [6.45, 7) is 2.02. The Morgan fingerprint density at radius 3 is 2.67 bits per heavy atom. The lowest BCUT2D eigenvalue weighted by molar-refractivity contribution is -0.136. The minimum atomic E-state index is -0.810. The number of rotatable bonds is 4. The highest BCUT2D eigenvalue weighted by molar-refractivity contribution is 9.10. The van der Waals surface area contributed by atoms with E-state index in [9.17, 15) is 4.79 Å². The third-order valence-corrected chi connectivity index (χ3v) is 3.04. The van der Waals surface area contributed by atoms with Gasteiger partial charge in [-0.2, -0.15) is 0 Å². The first-order chi connectivity index (χ1) is 8.56. The summed E-state index contributed by atoms with van der Waals surface area (Å²) in [5, 5.41) is 8.73. The van der Waals surface area contributed by atoms with Gasteiger partial charge in [0.2, 0.25) is 0 Å². The molecular weight excluding hydrogens is 296 g/mol. The molecule has 18 heavy (non-hydrogen) atoms. The molecule has 94 valence electrons. The summed E-state index contributed by atoms with van der Waals surface area (Å²) in [7, 11) is 0. The van der Waals surface area contributed by atoms with Gasteiger partial charge in [-0.1, -0.05) is 29.8 Å². The van der Waals surface area contributed by atoms with E-state index in [0.29, 0.717) is 11.2 Å². The van der Waals surface area contributed by atoms with Crippen LogP contribution in [-0.4, -0.2) is 21.0 Å². The molecule has 2 rings (SSSR count). The van der Waals surface area contributed by atoms with E-state index in [1.54, 1.807) is 0 Å². The fourth-order valence-electron chi connectivity index (χ4n) is 1.74. The highest BCUT2D eigenvalue weighted by Gasteiger charge is 2.12. The van der Waals surface area contributed by atoms with E-state index >= 15 is 0 Å². The Bertz CT molecular complexity index is 561. The van der Waals surface area contributed by atoms with Crippen molar-refractivity contribution in [3.63, 3.8) is 0 Å². The standard InChI is InChI=1S/C13H13BrN2O2/c1-8-2-4-9(5-3-8)12-10(6-7-11(17)18)15-13(14)16-12/h2-5H,6-7H2,1H3,(H,15,16)(H,17,18). The molecule has 0 amide bonds. The lowest BCUT2D eigenvalue weighted by Crippen LogP contribution is -1.99. The van der Waals surface area contributed by atoms with Crippen molar-refractivity contribution in [3.8, 4) is 11.3 Å². The molecule has 0 unspecified atom stereocenters. The highest BCUT2D eigenvalue weighted by Crippen LogP contribution is 2.24. The Hall–Kier alpha value is -1.62. The van der Waals surface area contributed by atoms with Crippen molar-refractivity contribution in [2.75, 3.05) is 0 Å². The second-order valence-corrected chi connectivity index (χ2v) is 4.87. The summed E-state index contributed by atoms with van der Waals surface area (Å²) < 4.78 is 0.624. The number of hydrogen-bond acceptors (Lipinski definition) is 2. The van der Waals surface area contributed by atoms with Crippen molar-refractivity contribution in [3.05, 3.63) is 40.3 Å². The van der Waals surface area contributed by atoms with Gasteiger partial charge < -0.3 is 10.1 Å². The Balaban J connectivity index is 2.31. The molecule has 0 bridgehead atoms. The first-order valence-electron chi connectivity index (χ1n) is 5.59. The van der Waals surface area contributed by atoms with E-state index in [-0.39, 0.29) is 6.42 Å². The minimum Gasteiger partial charge on any atom is -0.481 e. The number of aryl methyl sites for hydroxylation is 2. The minimum absolute atomic E-state index is 0.0908. The summed E-state index contributed by atoms with van der Waals surface area (Å²) in [4.78, 5) is 18.0. The second-order valence-electron chi connectivity index (χ2n) is 4.11. The molecule has 0 atom stereocenters. The number of aliphatic carboxylic acids is 1. The topological polar surface area (TPSA) is 66.0 Å². The third-order valence-electron chi connectivity index (χ3n) is 2.66. The van der Waals surface area contributed by atoms with Crippen LogP contribution >= 0.6 is 15.9 Å². The second kappa shape index (κ2) is 5.35. The molecule has 0 aliphatic heterocycles. The van der Waals surface area contributed by atoms with E-state index in [0.717, 1.165) is 17.0 Å². The molecule has 5 heteroatoms. The fraction of sp³-hybridized carbons (Fsp3) is 0.231. The van der Waals surface area contributed by atoms with Crippen molar-refractivity contribution in [2.45, 2.75) is 19.8 Å². The van der Waals surface area contributed by atoms with Crippen LogP contribution in [0.5, 0.6) is 0 Å². The van der Waals surface area contributed by atoms with Gasteiger partial charge in [0, 0.05) is 17.7 Å². The fourth-order valence-corrected chi connectivity index (χ4v) is 2.16. The Morgan fingerprint density at radius 1 is 1.39 bits per heavy atom. The van der Waals surface area contributed by atoms with Crippen molar-refractivity contribution in [1.82, 2.24) is 9.97 Å². The number of H-pyrrole nitrogens is 1. The average molecular weight is 309 g/mol. The molecule has 1 aromatic carbocycles. The van der Waals surface area contributed by atoms with Crippen LogP contribution in [0.15, 0.2) is 29.0 Å². The van der Waals surface area contributed by atoms with E-state index in [1.165, 1.54) is 5.56 Å². The molecule has 0 radical (unpaired) electrons.